The molecule has 2 heterocycles. The normalized spacial score (nSPS) is 16.1. The first kappa shape index (κ1) is 21.4. The van der Waals surface area contributed by atoms with Gasteiger partial charge in [0.15, 0.2) is 0 Å². The highest BCUT2D eigenvalue weighted by Gasteiger charge is 2.24. The van der Waals surface area contributed by atoms with Gasteiger partial charge in [-0.2, -0.15) is 0 Å². The minimum absolute atomic E-state index is 0. The van der Waals surface area contributed by atoms with Crippen LogP contribution in [0, 0.1) is 0 Å². The lowest BCUT2D eigenvalue weighted by molar-refractivity contribution is -0.137. The Morgan fingerprint density at radius 2 is 1.66 bits per heavy atom. The van der Waals surface area contributed by atoms with Gasteiger partial charge in [0, 0.05) is 25.1 Å². The molecule has 2 aliphatic heterocycles. The van der Waals surface area contributed by atoms with Gasteiger partial charge in [0.05, 0.1) is 0 Å². The first-order valence-corrected chi connectivity index (χ1v) is 10.2. The Morgan fingerprint density at radius 1 is 0.966 bits per heavy atom. The zero-order valence-corrected chi connectivity index (χ0v) is 17.4. The van der Waals surface area contributed by atoms with E-state index < -0.39 is 5.97 Å². The molecule has 1 N–H and O–H groups in total. The summed E-state index contributed by atoms with van der Waals surface area (Å²) in [6.07, 6.45) is 4.10. The molecule has 5 heteroatoms. The van der Waals surface area contributed by atoms with Crippen molar-refractivity contribution in [1.82, 2.24) is 4.90 Å². The molecule has 0 saturated carbocycles. The topological polar surface area (TPSA) is 49.8 Å². The van der Waals surface area contributed by atoms with Crippen LogP contribution in [0.4, 0.5) is 0 Å². The molecule has 0 aliphatic carbocycles. The summed E-state index contributed by atoms with van der Waals surface area (Å²) >= 11 is 0. The Labute approximate surface area is 178 Å². The molecule has 1 fully saturated rings. The van der Waals surface area contributed by atoms with Gasteiger partial charge in [-0.05, 0) is 55.0 Å². The van der Waals surface area contributed by atoms with E-state index in [0.29, 0.717) is 6.61 Å². The Kier molecular flexibility index (Phi) is 7.34. The smallest absolute Gasteiger partial charge is 0.303 e. The molecule has 0 radical (unpaired) electrons. The largest absolute Gasteiger partial charge is 0.488 e. The number of benzene rings is 2. The summed E-state index contributed by atoms with van der Waals surface area (Å²) < 4.78 is 6.11. The number of para-hydroxylation sites is 1. The fourth-order valence-electron chi connectivity index (χ4n) is 4.28. The van der Waals surface area contributed by atoms with Crippen molar-refractivity contribution in [3.8, 4) is 5.75 Å². The van der Waals surface area contributed by atoms with E-state index in [1.807, 2.05) is 6.07 Å². The molecular formula is C24H28ClNO3. The summed E-state index contributed by atoms with van der Waals surface area (Å²) in [4.78, 5) is 13.1. The molecule has 2 aliphatic rings. The number of fused-ring (bicyclic) bond motifs is 2. The molecule has 154 valence electrons. The van der Waals surface area contributed by atoms with Gasteiger partial charge in [0.1, 0.15) is 12.4 Å². The monoisotopic (exact) mass is 413 g/mol. The molecular weight excluding hydrogens is 386 g/mol. The zero-order chi connectivity index (χ0) is 19.3. The van der Waals surface area contributed by atoms with Gasteiger partial charge in [-0.1, -0.05) is 48.0 Å². The van der Waals surface area contributed by atoms with Crippen molar-refractivity contribution in [3.05, 3.63) is 70.8 Å². The molecule has 4 nitrogen and oxygen atoms in total. The highest BCUT2D eigenvalue weighted by atomic mass is 35.5. The lowest BCUT2D eigenvalue weighted by Gasteiger charge is -2.30. The van der Waals surface area contributed by atoms with Crippen LogP contribution in [0.25, 0.3) is 5.57 Å². The summed E-state index contributed by atoms with van der Waals surface area (Å²) in [6, 6.07) is 17.0. The minimum atomic E-state index is -0.696. The van der Waals surface area contributed by atoms with Gasteiger partial charge in [-0.15, -0.1) is 12.4 Å². The van der Waals surface area contributed by atoms with Crippen LogP contribution in [0.5, 0.6) is 5.75 Å². The van der Waals surface area contributed by atoms with Crippen LogP contribution in [-0.4, -0.2) is 35.6 Å². The Balaban J connectivity index is 0.00000240. The number of carboxylic acids is 1. The van der Waals surface area contributed by atoms with Crippen molar-refractivity contribution in [2.24, 2.45) is 0 Å². The number of nitrogens with zero attached hydrogens (tertiary/aromatic N) is 1. The number of carbonyl (C=O) groups is 1. The molecule has 0 aromatic heterocycles. The zero-order valence-electron chi connectivity index (χ0n) is 16.6. The fourth-order valence-corrected chi connectivity index (χ4v) is 4.28. The number of halogens is 1. The third-order valence-corrected chi connectivity index (χ3v) is 5.75. The maximum atomic E-state index is 10.7. The third kappa shape index (κ3) is 5.01. The Bertz CT molecular complexity index is 834. The summed E-state index contributed by atoms with van der Waals surface area (Å²) in [5, 5.41) is 8.78. The molecule has 0 atom stereocenters. The molecule has 0 amide bonds. The van der Waals surface area contributed by atoms with Gasteiger partial charge in [-0.25, -0.2) is 0 Å². The predicted molar refractivity (Wildman–Crippen MR) is 118 cm³/mol. The number of hydrogen-bond acceptors (Lipinski definition) is 3. The number of unbranched alkanes of at least 4 members (excludes halogenated alkanes) is 1. The van der Waals surface area contributed by atoms with Crippen molar-refractivity contribution >= 4 is 23.9 Å². The van der Waals surface area contributed by atoms with E-state index in [-0.39, 0.29) is 18.8 Å². The van der Waals surface area contributed by atoms with Crippen LogP contribution in [0.1, 0.15) is 48.8 Å². The molecule has 0 unspecified atom stereocenters. The number of likely N-dealkylation sites (tertiary alicyclic amines) is 1. The summed E-state index contributed by atoms with van der Waals surface area (Å²) in [6.45, 7) is 3.68. The van der Waals surface area contributed by atoms with E-state index in [1.165, 1.54) is 27.8 Å². The van der Waals surface area contributed by atoms with Gasteiger partial charge >= 0.3 is 5.97 Å². The first-order chi connectivity index (χ1) is 13.7. The van der Waals surface area contributed by atoms with Crippen LogP contribution >= 0.6 is 12.4 Å². The SMILES string of the molecule is Cl.O=C(O)CCCCN1CCC(=C2c3ccccc3COc3ccccc32)CC1. The van der Waals surface area contributed by atoms with E-state index in [1.54, 1.807) is 0 Å². The number of rotatable bonds is 5. The van der Waals surface area contributed by atoms with Crippen LogP contribution in [0.2, 0.25) is 0 Å². The van der Waals surface area contributed by atoms with Crippen LogP contribution < -0.4 is 4.74 Å². The van der Waals surface area contributed by atoms with E-state index >= 15 is 0 Å². The third-order valence-electron chi connectivity index (χ3n) is 5.75. The van der Waals surface area contributed by atoms with Crippen molar-refractivity contribution in [2.45, 2.75) is 38.7 Å². The molecule has 0 bridgehead atoms. The number of hydrogen-bond donors (Lipinski definition) is 1. The van der Waals surface area contributed by atoms with Gasteiger partial charge in [0.25, 0.3) is 0 Å². The van der Waals surface area contributed by atoms with E-state index in [0.717, 1.165) is 51.1 Å². The second-order valence-corrected chi connectivity index (χ2v) is 7.61. The average molecular weight is 414 g/mol. The molecule has 2 aromatic carbocycles. The van der Waals surface area contributed by atoms with Gasteiger partial charge in [0.2, 0.25) is 0 Å². The van der Waals surface area contributed by atoms with Gasteiger partial charge in [-0.3, -0.25) is 4.79 Å². The molecule has 4 rings (SSSR count). The summed E-state index contributed by atoms with van der Waals surface area (Å²) in [5.74, 6) is 0.274. The van der Waals surface area contributed by atoms with Crippen molar-refractivity contribution < 1.29 is 14.6 Å². The number of ether oxygens (including phenoxy) is 1. The van der Waals surface area contributed by atoms with Crippen LogP contribution in [-0.2, 0) is 11.4 Å². The van der Waals surface area contributed by atoms with Gasteiger partial charge < -0.3 is 14.7 Å². The molecule has 0 spiro atoms. The molecule has 1 saturated heterocycles. The van der Waals surface area contributed by atoms with E-state index in [4.69, 9.17) is 9.84 Å². The predicted octanol–water partition coefficient (Wildman–Crippen LogP) is 5.15. The van der Waals surface area contributed by atoms with Crippen LogP contribution in [0.15, 0.2) is 54.1 Å². The number of aliphatic carboxylic acids is 1. The van der Waals surface area contributed by atoms with Crippen molar-refractivity contribution in [3.63, 3.8) is 0 Å². The lowest BCUT2D eigenvalue weighted by Crippen LogP contribution is -2.32. The highest BCUT2D eigenvalue weighted by molar-refractivity contribution is 5.87. The summed E-state index contributed by atoms with van der Waals surface area (Å²) in [5.41, 5.74) is 6.62. The van der Waals surface area contributed by atoms with Crippen molar-refractivity contribution in [2.75, 3.05) is 19.6 Å². The quantitative estimate of drug-likeness (QED) is 0.688. The Hall–Kier alpha value is -2.30. The maximum Gasteiger partial charge on any atom is 0.303 e. The second-order valence-electron chi connectivity index (χ2n) is 7.61. The second kappa shape index (κ2) is 9.95. The fraction of sp³-hybridized carbons (Fsp3) is 0.375. The molecule has 29 heavy (non-hydrogen) atoms. The first-order valence-electron chi connectivity index (χ1n) is 10.2. The lowest BCUT2D eigenvalue weighted by atomic mass is 9.86. The van der Waals surface area contributed by atoms with E-state index in [9.17, 15) is 4.79 Å². The summed E-state index contributed by atoms with van der Waals surface area (Å²) in [7, 11) is 0. The number of piperidine rings is 1. The Morgan fingerprint density at radius 3 is 2.41 bits per heavy atom. The highest BCUT2D eigenvalue weighted by Crippen LogP contribution is 2.40. The average Bonchev–Trinajstić information content (AvgIpc) is 2.89. The molecule has 2 aromatic rings. The van der Waals surface area contributed by atoms with E-state index in [2.05, 4.69) is 47.4 Å². The van der Waals surface area contributed by atoms with Crippen molar-refractivity contribution in [1.29, 1.82) is 0 Å². The van der Waals surface area contributed by atoms with Crippen LogP contribution in [0.3, 0.4) is 0 Å². The number of carboxylic acid groups (broad SMARTS) is 1. The standard InChI is InChI=1S/C24H27NO3.ClH/c26-23(27)11-5-6-14-25-15-12-18(13-16-25)24-20-8-2-1-7-19(20)17-28-22-10-4-3-9-21(22)24;/h1-4,7-10H,5-6,11-17H2,(H,26,27);1H. The minimum Gasteiger partial charge on any atom is -0.488 e. The maximum absolute atomic E-state index is 10.7.